The third kappa shape index (κ3) is 5.77. The molecule has 0 aliphatic heterocycles. The van der Waals surface area contributed by atoms with E-state index in [2.05, 4.69) is 10.4 Å². The molecule has 0 spiro atoms. The van der Waals surface area contributed by atoms with Crippen LogP contribution in [0.5, 0.6) is 0 Å². The van der Waals surface area contributed by atoms with Crippen LogP contribution in [0.25, 0.3) is 6.08 Å². The molecule has 1 aromatic carbocycles. The molecule has 8 heteroatoms. The number of carbonyl (C=O) groups is 3. The largest absolute Gasteiger partial charge is 0.454 e. The first kappa shape index (κ1) is 22.4. The van der Waals surface area contributed by atoms with E-state index in [1.165, 1.54) is 16.8 Å². The molecule has 0 aliphatic carbocycles. The molecule has 0 radical (unpaired) electrons. The molecule has 1 amide bonds. The molecule has 1 aromatic heterocycles. The minimum absolute atomic E-state index is 0.159. The number of para-hydroxylation sites is 1. The number of anilines is 1. The third-order valence-corrected chi connectivity index (χ3v) is 4.62. The zero-order valence-corrected chi connectivity index (χ0v) is 17.8. The fourth-order valence-electron chi connectivity index (χ4n) is 2.36. The van der Waals surface area contributed by atoms with Crippen molar-refractivity contribution < 1.29 is 19.1 Å². The van der Waals surface area contributed by atoms with Gasteiger partial charge in [-0.25, -0.2) is 4.79 Å². The van der Waals surface area contributed by atoms with Crippen LogP contribution >= 0.6 is 11.6 Å². The fraction of sp³-hybridized carbons (Fsp3) is 0.333. The number of nitrogens with one attached hydrogen (secondary N) is 1. The van der Waals surface area contributed by atoms with Crippen LogP contribution in [0.3, 0.4) is 0 Å². The third-order valence-electron chi connectivity index (χ3n) is 4.17. The van der Waals surface area contributed by atoms with E-state index in [9.17, 15) is 14.4 Å². The van der Waals surface area contributed by atoms with E-state index in [4.69, 9.17) is 16.3 Å². The molecule has 0 atom stereocenters. The molecule has 1 N–H and O–H groups in total. The first-order valence-electron chi connectivity index (χ1n) is 8.98. The molecule has 0 unspecified atom stereocenters. The van der Waals surface area contributed by atoms with Crippen molar-refractivity contribution in [3.8, 4) is 0 Å². The van der Waals surface area contributed by atoms with Gasteiger partial charge in [0, 0.05) is 24.1 Å². The highest BCUT2D eigenvalue weighted by molar-refractivity contribution is 6.31. The summed E-state index contributed by atoms with van der Waals surface area (Å²) in [5, 5.41) is 7.23. The number of amides is 1. The van der Waals surface area contributed by atoms with Crippen molar-refractivity contribution in [3.05, 3.63) is 52.3 Å². The average molecular weight is 418 g/mol. The number of aromatic nitrogens is 2. The Morgan fingerprint density at radius 3 is 2.48 bits per heavy atom. The SMILES string of the molecule is Cc1nn(C)c(Cl)c1/C=C/C(=O)Nc1ccccc1C(=O)OCC(=O)C(C)(C)C. The van der Waals surface area contributed by atoms with Crippen molar-refractivity contribution >= 4 is 41.0 Å². The lowest BCUT2D eigenvalue weighted by atomic mass is 9.91. The highest BCUT2D eigenvalue weighted by Gasteiger charge is 2.23. The van der Waals surface area contributed by atoms with Crippen molar-refractivity contribution in [1.82, 2.24) is 9.78 Å². The molecule has 0 bridgehead atoms. The maximum absolute atomic E-state index is 12.4. The van der Waals surface area contributed by atoms with Crippen LogP contribution < -0.4 is 5.32 Å². The Balaban J connectivity index is 2.10. The molecule has 7 nitrogen and oxygen atoms in total. The van der Waals surface area contributed by atoms with Crippen LogP contribution in [0.4, 0.5) is 5.69 Å². The predicted molar refractivity (Wildman–Crippen MR) is 112 cm³/mol. The van der Waals surface area contributed by atoms with E-state index in [0.717, 1.165) is 0 Å². The molecule has 0 saturated carbocycles. The lowest BCUT2D eigenvalue weighted by molar-refractivity contribution is -0.129. The minimum Gasteiger partial charge on any atom is -0.454 e. The first-order valence-corrected chi connectivity index (χ1v) is 9.36. The second-order valence-electron chi connectivity index (χ2n) is 7.53. The summed E-state index contributed by atoms with van der Waals surface area (Å²) in [6.07, 6.45) is 2.87. The number of aryl methyl sites for hydroxylation is 2. The van der Waals surface area contributed by atoms with Crippen LogP contribution in [0.15, 0.2) is 30.3 Å². The summed E-state index contributed by atoms with van der Waals surface area (Å²) in [6.45, 7) is 6.71. The van der Waals surface area contributed by atoms with E-state index in [1.54, 1.807) is 59.0 Å². The minimum atomic E-state index is -0.686. The van der Waals surface area contributed by atoms with Gasteiger partial charge < -0.3 is 10.1 Å². The number of carbonyl (C=O) groups excluding carboxylic acids is 3. The van der Waals surface area contributed by atoms with Gasteiger partial charge in [-0.15, -0.1) is 0 Å². The summed E-state index contributed by atoms with van der Waals surface area (Å²) >= 11 is 6.15. The number of ketones is 1. The smallest absolute Gasteiger partial charge is 0.340 e. The highest BCUT2D eigenvalue weighted by Crippen LogP contribution is 2.21. The number of nitrogens with zero attached hydrogens (tertiary/aromatic N) is 2. The molecule has 29 heavy (non-hydrogen) atoms. The summed E-state index contributed by atoms with van der Waals surface area (Å²) in [5.41, 5.74) is 1.16. The van der Waals surface area contributed by atoms with Crippen molar-refractivity contribution in [2.24, 2.45) is 12.5 Å². The van der Waals surface area contributed by atoms with Crippen LogP contribution in [-0.4, -0.2) is 34.0 Å². The van der Waals surface area contributed by atoms with Gasteiger partial charge in [-0.2, -0.15) is 5.10 Å². The quantitative estimate of drug-likeness (QED) is 0.570. The Kier molecular flexibility index (Phi) is 6.97. The molecular formula is C21H24ClN3O4. The average Bonchev–Trinajstić information content (AvgIpc) is 2.89. The van der Waals surface area contributed by atoms with Crippen LogP contribution in [-0.2, 0) is 21.4 Å². The van der Waals surface area contributed by atoms with Crippen LogP contribution in [0, 0.1) is 12.3 Å². The normalized spacial score (nSPS) is 11.5. The number of hydrogen-bond acceptors (Lipinski definition) is 5. The van der Waals surface area contributed by atoms with Gasteiger partial charge in [0.05, 0.1) is 16.9 Å². The van der Waals surface area contributed by atoms with E-state index in [-0.39, 0.29) is 23.6 Å². The molecule has 154 valence electrons. The van der Waals surface area contributed by atoms with Gasteiger partial charge in [-0.05, 0) is 25.1 Å². The van der Waals surface area contributed by atoms with E-state index in [0.29, 0.717) is 16.4 Å². The highest BCUT2D eigenvalue weighted by atomic mass is 35.5. The van der Waals surface area contributed by atoms with Gasteiger partial charge in [-0.1, -0.05) is 44.5 Å². The zero-order valence-electron chi connectivity index (χ0n) is 17.1. The van der Waals surface area contributed by atoms with Gasteiger partial charge >= 0.3 is 5.97 Å². The Hall–Kier alpha value is -2.93. The van der Waals surface area contributed by atoms with Crippen LogP contribution in [0.1, 0.15) is 42.4 Å². The second kappa shape index (κ2) is 9.05. The fourth-order valence-corrected chi connectivity index (χ4v) is 2.60. The topological polar surface area (TPSA) is 90.3 Å². The summed E-state index contributed by atoms with van der Waals surface area (Å²) in [4.78, 5) is 36.7. The number of hydrogen-bond donors (Lipinski definition) is 1. The Morgan fingerprint density at radius 1 is 1.24 bits per heavy atom. The number of esters is 1. The monoisotopic (exact) mass is 417 g/mol. The summed E-state index contributed by atoms with van der Waals surface area (Å²) in [5.74, 6) is -1.33. The van der Waals surface area contributed by atoms with Crippen molar-refractivity contribution in [2.75, 3.05) is 11.9 Å². The van der Waals surface area contributed by atoms with Crippen LogP contribution in [0.2, 0.25) is 5.15 Å². The summed E-state index contributed by atoms with van der Waals surface area (Å²) < 4.78 is 6.63. The molecular weight excluding hydrogens is 394 g/mol. The van der Waals surface area contributed by atoms with Gasteiger partial charge in [0.15, 0.2) is 12.4 Å². The predicted octanol–water partition coefficient (Wildman–Crippen LogP) is 3.81. The maximum atomic E-state index is 12.4. The van der Waals surface area contributed by atoms with Gasteiger partial charge in [0.1, 0.15) is 5.15 Å². The molecule has 0 aliphatic rings. The lowest BCUT2D eigenvalue weighted by Crippen LogP contribution is -2.26. The molecule has 0 fully saturated rings. The van der Waals surface area contributed by atoms with E-state index < -0.39 is 17.3 Å². The Morgan fingerprint density at radius 2 is 1.90 bits per heavy atom. The molecule has 2 aromatic rings. The van der Waals surface area contributed by atoms with Gasteiger partial charge in [0.25, 0.3) is 0 Å². The molecule has 1 heterocycles. The number of benzene rings is 1. The zero-order chi connectivity index (χ0) is 21.8. The number of ether oxygens (including phenoxy) is 1. The summed E-state index contributed by atoms with van der Waals surface area (Å²) in [7, 11) is 1.71. The number of Topliss-reactive ketones (excluding diaryl/α,β-unsaturated/α-hetero) is 1. The van der Waals surface area contributed by atoms with Crippen molar-refractivity contribution in [2.45, 2.75) is 27.7 Å². The van der Waals surface area contributed by atoms with Gasteiger partial charge in [-0.3, -0.25) is 14.3 Å². The first-order chi connectivity index (χ1) is 13.5. The number of halogens is 1. The van der Waals surface area contributed by atoms with Crippen molar-refractivity contribution in [3.63, 3.8) is 0 Å². The van der Waals surface area contributed by atoms with E-state index >= 15 is 0 Å². The molecule has 2 rings (SSSR count). The summed E-state index contributed by atoms with van der Waals surface area (Å²) in [6, 6.07) is 6.42. The Bertz CT molecular complexity index is 971. The lowest BCUT2D eigenvalue weighted by Gasteiger charge is -2.16. The van der Waals surface area contributed by atoms with Crippen molar-refractivity contribution in [1.29, 1.82) is 0 Å². The molecule has 0 saturated heterocycles. The Labute approximate surface area is 174 Å². The van der Waals surface area contributed by atoms with Gasteiger partial charge in [0.2, 0.25) is 5.91 Å². The maximum Gasteiger partial charge on any atom is 0.340 e. The number of rotatable bonds is 6. The van der Waals surface area contributed by atoms with E-state index in [1.807, 2.05) is 0 Å². The second-order valence-corrected chi connectivity index (χ2v) is 7.89. The standard InChI is InChI=1S/C21H24ClN3O4/c1-13-14(19(22)25(5)24-13)10-11-18(27)23-16-9-7-6-8-15(16)20(28)29-12-17(26)21(2,3)4/h6-11H,12H2,1-5H3,(H,23,27)/b11-10+.